The van der Waals surface area contributed by atoms with Crippen LogP contribution in [0.3, 0.4) is 0 Å². The molecule has 130 valence electrons. The lowest BCUT2D eigenvalue weighted by Gasteiger charge is -2.26. The number of amides is 2. The molecule has 0 bridgehead atoms. The Morgan fingerprint density at radius 2 is 2.12 bits per heavy atom. The molecule has 1 N–H and O–H groups in total. The van der Waals surface area contributed by atoms with E-state index in [0.717, 1.165) is 12.0 Å². The van der Waals surface area contributed by atoms with Crippen LogP contribution < -0.4 is 10.1 Å². The summed E-state index contributed by atoms with van der Waals surface area (Å²) in [6, 6.07) is 7.08. The predicted octanol–water partition coefficient (Wildman–Crippen LogP) is 1.41. The fourth-order valence-corrected chi connectivity index (χ4v) is 2.82. The smallest absolute Gasteiger partial charge is 0.255 e. The van der Waals surface area contributed by atoms with Gasteiger partial charge < -0.3 is 15.0 Å². The first-order valence-corrected chi connectivity index (χ1v) is 8.13. The van der Waals surface area contributed by atoms with Gasteiger partial charge in [0.25, 0.3) is 5.91 Å². The fourth-order valence-electron chi connectivity index (χ4n) is 2.82. The van der Waals surface area contributed by atoms with Crippen molar-refractivity contribution in [2.45, 2.75) is 25.4 Å². The highest BCUT2D eigenvalue weighted by Gasteiger charge is 2.26. The average Bonchev–Trinajstić information content (AvgIpc) is 3.06. The average molecular weight is 340 g/mol. The van der Waals surface area contributed by atoms with Crippen molar-refractivity contribution in [2.75, 3.05) is 13.7 Å². The third-order valence-electron chi connectivity index (χ3n) is 4.13. The van der Waals surface area contributed by atoms with E-state index < -0.39 is 0 Å². The van der Waals surface area contributed by atoms with Crippen LogP contribution in [-0.4, -0.2) is 46.4 Å². The topological polar surface area (TPSA) is 84.4 Å². The van der Waals surface area contributed by atoms with Crippen LogP contribution >= 0.6 is 0 Å². The van der Waals surface area contributed by atoms with E-state index in [-0.39, 0.29) is 17.9 Å². The standard InChI is InChI=1S/C18H20N4O3/c1-25-17-5-2-14(10-20-17)18(24)22(11-13-6-8-19-9-7-13)12-15-3-4-16(23)21-15/h2,5-10,15H,3-4,11-12H2,1H3,(H,21,23)/t15-/m0/s1. The van der Waals surface area contributed by atoms with Gasteiger partial charge in [-0.25, -0.2) is 4.98 Å². The van der Waals surface area contributed by atoms with Gasteiger partial charge in [-0.15, -0.1) is 0 Å². The number of carbonyl (C=O) groups is 2. The maximum Gasteiger partial charge on any atom is 0.255 e. The minimum Gasteiger partial charge on any atom is -0.481 e. The molecule has 3 rings (SSSR count). The second-order valence-corrected chi connectivity index (χ2v) is 5.93. The predicted molar refractivity (Wildman–Crippen MR) is 90.9 cm³/mol. The molecular formula is C18H20N4O3. The second-order valence-electron chi connectivity index (χ2n) is 5.93. The van der Waals surface area contributed by atoms with Crippen LogP contribution in [0.1, 0.15) is 28.8 Å². The molecule has 0 aliphatic carbocycles. The van der Waals surface area contributed by atoms with Crippen molar-refractivity contribution in [3.8, 4) is 5.88 Å². The molecule has 2 amide bonds. The van der Waals surface area contributed by atoms with Crippen LogP contribution in [0.4, 0.5) is 0 Å². The molecule has 1 aliphatic rings. The maximum absolute atomic E-state index is 12.9. The van der Waals surface area contributed by atoms with Crippen LogP contribution in [-0.2, 0) is 11.3 Å². The van der Waals surface area contributed by atoms with E-state index in [4.69, 9.17) is 4.74 Å². The fraction of sp³-hybridized carbons (Fsp3) is 0.333. The highest BCUT2D eigenvalue weighted by Crippen LogP contribution is 2.15. The Bertz CT molecular complexity index is 734. The van der Waals surface area contributed by atoms with Crippen molar-refractivity contribution in [3.05, 3.63) is 54.0 Å². The zero-order chi connectivity index (χ0) is 17.6. The molecule has 2 aromatic rings. The lowest BCUT2D eigenvalue weighted by atomic mass is 10.1. The Morgan fingerprint density at radius 1 is 1.32 bits per heavy atom. The second kappa shape index (κ2) is 7.74. The van der Waals surface area contributed by atoms with Gasteiger partial charge in [0.1, 0.15) is 0 Å². The third-order valence-corrected chi connectivity index (χ3v) is 4.13. The molecule has 3 heterocycles. The largest absolute Gasteiger partial charge is 0.481 e. The van der Waals surface area contributed by atoms with Gasteiger partial charge in [-0.05, 0) is 30.2 Å². The van der Waals surface area contributed by atoms with E-state index in [0.29, 0.717) is 31.0 Å². The number of nitrogens with one attached hydrogen (secondary N) is 1. The molecule has 0 unspecified atom stereocenters. The van der Waals surface area contributed by atoms with Gasteiger partial charge >= 0.3 is 0 Å². The Kier molecular flexibility index (Phi) is 5.23. The van der Waals surface area contributed by atoms with Gasteiger partial charge in [0, 0.05) is 50.2 Å². The van der Waals surface area contributed by atoms with Gasteiger partial charge in [0.15, 0.2) is 0 Å². The Hall–Kier alpha value is -2.96. The summed E-state index contributed by atoms with van der Waals surface area (Å²) >= 11 is 0. The number of pyridine rings is 2. The third kappa shape index (κ3) is 4.32. The minimum atomic E-state index is -0.131. The number of hydrogen-bond donors (Lipinski definition) is 1. The first-order valence-electron chi connectivity index (χ1n) is 8.13. The van der Waals surface area contributed by atoms with Crippen molar-refractivity contribution in [1.82, 2.24) is 20.2 Å². The lowest BCUT2D eigenvalue weighted by Crippen LogP contribution is -2.41. The van der Waals surface area contributed by atoms with Crippen LogP contribution in [0.2, 0.25) is 0 Å². The van der Waals surface area contributed by atoms with E-state index in [1.165, 1.54) is 13.3 Å². The Labute approximate surface area is 146 Å². The van der Waals surface area contributed by atoms with Gasteiger partial charge in [-0.3, -0.25) is 14.6 Å². The van der Waals surface area contributed by atoms with E-state index >= 15 is 0 Å². The number of hydrogen-bond acceptors (Lipinski definition) is 5. The zero-order valence-corrected chi connectivity index (χ0v) is 14.0. The van der Waals surface area contributed by atoms with Crippen LogP contribution in [0.25, 0.3) is 0 Å². The molecule has 1 aliphatic heterocycles. The molecule has 25 heavy (non-hydrogen) atoms. The maximum atomic E-state index is 12.9. The summed E-state index contributed by atoms with van der Waals surface area (Å²) < 4.78 is 5.03. The molecule has 7 nitrogen and oxygen atoms in total. The quantitative estimate of drug-likeness (QED) is 0.859. The number of carbonyl (C=O) groups excluding carboxylic acids is 2. The summed E-state index contributed by atoms with van der Waals surface area (Å²) in [5, 5.41) is 2.91. The Morgan fingerprint density at radius 3 is 2.72 bits per heavy atom. The van der Waals surface area contributed by atoms with Gasteiger partial charge in [-0.2, -0.15) is 0 Å². The molecule has 0 saturated carbocycles. The van der Waals surface area contributed by atoms with Crippen molar-refractivity contribution >= 4 is 11.8 Å². The van der Waals surface area contributed by atoms with Crippen molar-refractivity contribution in [2.24, 2.45) is 0 Å². The van der Waals surface area contributed by atoms with Crippen molar-refractivity contribution in [3.63, 3.8) is 0 Å². The summed E-state index contributed by atoms with van der Waals surface area (Å²) in [5.74, 6) is 0.362. The van der Waals surface area contributed by atoms with Gasteiger partial charge in [-0.1, -0.05) is 0 Å². The summed E-state index contributed by atoms with van der Waals surface area (Å²) in [6.45, 7) is 0.901. The molecule has 1 fully saturated rings. The summed E-state index contributed by atoms with van der Waals surface area (Å²) in [7, 11) is 1.53. The highest BCUT2D eigenvalue weighted by atomic mass is 16.5. The lowest BCUT2D eigenvalue weighted by molar-refractivity contribution is -0.119. The molecule has 0 aromatic carbocycles. The van der Waals surface area contributed by atoms with E-state index in [9.17, 15) is 9.59 Å². The van der Waals surface area contributed by atoms with E-state index in [1.54, 1.807) is 29.4 Å². The SMILES string of the molecule is COc1ccc(C(=O)N(Cc2ccncc2)C[C@@H]2CCC(=O)N2)cn1. The van der Waals surface area contributed by atoms with Crippen LogP contribution in [0.5, 0.6) is 5.88 Å². The summed E-state index contributed by atoms with van der Waals surface area (Å²) in [5.41, 5.74) is 1.47. The molecule has 1 saturated heterocycles. The van der Waals surface area contributed by atoms with Crippen molar-refractivity contribution < 1.29 is 14.3 Å². The highest BCUT2D eigenvalue weighted by molar-refractivity contribution is 5.94. The van der Waals surface area contributed by atoms with Crippen molar-refractivity contribution in [1.29, 1.82) is 0 Å². The summed E-state index contributed by atoms with van der Waals surface area (Å²) in [4.78, 5) is 34.2. The van der Waals surface area contributed by atoms with Gasteiger partial charge in [0.05, 0.1) is 12.7 Å². The van der Waals surface area contributed by atoms with Gasteiger partial charge in [0.2, 0.25) is 11.8 Å². The number of rotatable bonds is 6. The Balaban J connectivity index is 1.78. The van der Waals surface area contributed by atoms with E-state index in [1.807, 2.05) is 12.1 Å². The normalized spacial score (nSPS) is 16.4. The number of aromatic nitrogens is 2. The molecule has 0 radical (unpaired) electrons. The minimum absolute atomic E-state index is 0.0236. The van der Waals surface area contributed by atoms with Crippen LogP contribution in [0, 0.1) is 0 Å². The number of methoxy groups -OCH3 is 1. The molecular weight excluding hydrogens is 320 g/mol. The molecule has 1 atom stereocenters. The molecule has 2 aromatic heterocycles. The number of nitrogens with zero attached hydrogens (tertiary/aromatic N) is 3. The first-order chi connectivity index (χ1) is 12.2. The zero-order valence-electron chi connectivity index (χ0n) is 14.0. The summed E-state index contributed by atoms with van der Waals surface area (Å²) in [6.07, 6.45) is 6.15. The number of ether oxygens (including phenoxy) is 1. The van der Waals surface area contributed by atoms with E-state index in [2.05, 4.69) is 15.3 Å². The van der Waals surface area contributed by atoms with Crippen LogP contribution in [0.15, 0.2) is 42.9 Å². The molecule has 7 heteroatoms. The monoisotopic (exact) mass is 340 g/mol. The molecule has 0 spiro atoms. The first kappa shape index (κ1) is 16.9.